The van der Waals surface area contributed by atoms with Crippen molar-refractivity contribution in [3.05, 3.63) is 63.5 Å². The van der Waals surface area contributed by atoms with E-state index in [0.29, 0.717) is 33.7 Å². The van der Waals surface area contributed by atoms with Crippen LogP contribution >= 0.6 is 15.9 Å². The van der Waals surface area contributed by atoms with E-state index in [0.717, 1.165) is 4.90 Å². The van der Waals surface area contributed by atoms with E-state index in [2.05, 4.69) is 21.2 Å². The maximum absolute atomic E-state index is 13.3. The highest BCUT2D eigenvalue weighted by atomic mass is 79.9. The maximum atomic E-state index is 13.3. The number of imide groups is 1. The van der Waals surface area contributed by atoms with Crippen molar-refractivity contribution in [2.24, 2.45) is 0 Å². The van der Waals surface area contributed by atoms with E-state index in [1.807, 2.05) is 6.92 Å². The Morgan fingerprint density at radius 2 is 2.00 bits per heavy atom. The molecule has 3 amide bonds. The molecule has 6 nitrogen and oxygen atoms in total. The van der Waals surface area contributed by atoms with Gasteiger partial charge < -0.3 is 14.8 Å². The Balaban J connectivity index is 1.88. The number of ether oxygens (including phenoxy) is 2. The quantitative estimate of drug-likeness (QED) is 0.533. The minimum Gasteiger partial charge on any atom is -0.490 e. The molecule has 0 bridgehead atoms. The number of benzene rings is 2. The maximum Gasteiger partial charge on any atom is 0.328 e. The van der Waals surface area contributed by atoms with Gasteiger partial charge in [0.25, 0.3) is 5.91 Å². The number of nitrogens with zero attached hydrogens (tertiary/aromatic N) is 1. The second kappa shape index (κ2) is 8.43. The molecule has 2 aromatic rings. The lowest BCUT2D eigenvalue weighted by Gasteiger charge is -2.15. The zero-order chi connectivity index (χ0) is 20.3. The molecule has 1 aliphatic rings. The van der Waals surface area contributed by atoms with Gasteiger partial charge in [-0.15, -0.1) is 0 Å². The number of hydrogen-bond acceptors (Lipinski definition) is 4. The van der Waals surface area contributed by atoms with E-state index in [1.54, 1.807) is 30.3 Å². The highest BCUT2D eigenvalue weighted by molar-refractivity contribution is 9.10. The summed E-state index contributed by atoms with van der Waals surface area (Å²) in [5, 5.41) is 2.52. The normalized spacial score (nSPS) is 15.1. The molecule has 0 aliphatic carbocycles. The van der Waals surface area contributed by atoms with Crippen molar-refractivity contribution in [2.75, 3.05) is 13.7 Å². The molecule has 146 valence electrons. The van der Waals surface area contributed by atoms with Crippen molar-refractivity contribution >= 4 is 33.9 Å². The number of urea groups is 1. The number of carbonyl (C=O) groups is 2. The Bertz CT molecular complexity index is 961. The van der Waals surface area contributed by atoms with Gasteiger partial charge in [0.1, 0.15) is 18.1 Å². The summed E-state index contributed by atoms with van der Waals surface area (Å²) < 4.78 is 25.5. The fourth-order valence-electron chi connectivity index (χ4n) is 2.65. The van der Waals surface area contributed by atoms with Crippen LogP contribution in [0.4, 0.5) is 9.18 Å². The Hall–Kier alpha value is -2.87. The largest absolute Gasteiger partial charge is 0.490 e. The molecule has 28 heavy (non-hydrogen) atoms. The molecule has 3 rings (SSSR count). The third-order valence-corrected chi connectivity index (χ3v) is 4.59. The second-order valence-corrected chi connectivity index (χ2v) is 6.89. The lowest BCUT2D eigenvalue weighted by molar-refractivity contribution is -0.121. The summed E-state index contributed by atoms with van der Waals surface area (Å²) in [5.41, 5.74) is 1.51. The molecule has 1 saturated heterocycles. The summed E-state index contributed by atoms with van der Waals surface area (Å²) in [7, 11) is 1.41. The number of halogens is 2. The monoisotopic (exact) mass is 448 g/mol. The van der Waals surface area contributed by atoms with Crippen molar-refractivity contribution in [3.63, 3.8) is 0 Å². The van der Waals surface area contributed by atoms with E-state index >= 15 is 0 Å². The Labute approximate surface area is 170 Å². The average molecular weight is 449 g/mol. The zero-order valence-electron chi connectivity index (χ0n) is 15.3. The molecule has 0 unspecified atom stereocenters. The number of nitrogens with one attached hydrogen (secondary N) is 1. The third kappa shape index (κ3) is 4.33. The van der Waals surface area contributed by atoms with Gasteiger partial charge in [-0.1, -0.05) is 12.1 Å². The van der Waals surface area contributed by atoms with E-state index in [4.69, 9.17) is 9.47 Å². The first kappa shape index (κ1) is 19.9. The van der Waals surface area contributed by atoms with Gasteiger partial charge in [0.2, 0.25) is 0 Å². The topological polar surface area (TPSA) is 67.9 Å². The molecule has 8 heteroatoms. The van der Waals surface area contributed by atoms with Crippen LogP contribution in [0, 0.1) is 5.82 Å². The zero-order valence-corrected chi connectivity index (χ0v) is 16.9. The minimum absolute atomic E-state index is 0.163. The van der Waals surface area contributed by atoms with E-state index in [-0.39, 0.29) is 18.1 Å². The molecular formula is C20H18BrFN2O4. The smallest absolute Gasteiger partial charge is 0.328 e. The lowest BCUT2D eigenvalue weighted by atomic mass is 10.1. The number of carbonyl (C=O) groups excluding carboxylic acids is 2. The lowest BCUT2D eigenvalue weighted by Crippen LogP contribution is -2.25. The Kier molecular flexibility index (Phi) is 5.99. The highest BCUT2D eigenvalue weighted by Gasteiger charge is 2.30. The first-order chi connectivity index (χ1) is 13.4. The fourth-order valence-corrected chi connectivity index (χ4v) is 3.22. The third-order valence-electron chi connectivity index (χ3n) is 4.00. The van der Waals surface area contributed by atoms with Crippen LogP contribution in [0.15, 0.2) is 46.6 Å². The fraction of sp³-hybridized carbons (Fsp3) is 0.200. The van der Waals surface area contributed by atoms with Gasteiger partial charge in [0, 0.05) is 7.05 Å². The summed E-state index contributed by atoms with van der Waals surface area (Å²) in [4.78, 5) is 24.6. The standard InChI is InChI=1S/C20H18BrFN2O4/c1-3-27-17-10-13(9-16-19(25)24(2)20(26)23-16)8-15(21)18(17)28-11-12-5-4-6-14(22)7-12/h4-10H,3,11H2,1-2H3,(H,23,26)/b16-9+. The van der Waals surface area contributed by atoms with E-state index < -0.39 is 11.9 Å². The van der Waals surface area contributed by atoms with Crippen molar-refractivity contribution in [3.8, 4) is 11.5 Å². The average Bonchev–Trinajstić information content (AvgIpc) is 2.88. The summed E-state index contributed by atoms with van der Waals surface area (Å²) >= 11 is 3.45. The van der Waals surface area contributed by atoms with Crippen LogP contribution in [0.1, 0.15) is 18.1 Å². The molecule has 2 aromatic carbocycles. The summed E-state index contributed by atoms with van der Waals surface area (Å²) in [6, 6.07) is 9.13. The van der Waals surface area contributed by atoms with Gasteiger partial charge in [-0.25, -0.2) is 9.18 Å². The second-order valence-electron chi connectivity index (χ2n) is 6.03. The van der Waals surface area contributed by atoms with Crippen LogP contribution in [-0.4, -0.2) is 30.5 Å². The SMILES string of the molecule is CCOc1cc(/C=C2/NC(=O)N(C)C2=O)cc(Br)c1OCc1cccc(F)c1. The van der Waals surface area contributed by atoms with E-state index in [1.165, 1.54) is 19.2 Å². The van der Waals surface area contributed by atoms with Gasteiger partial charge in [0.15, 0.2) is 11.5 Å². The number of likely N-dealkylation sites (N-methyl/N-ethyl adjacent to an activating group) is 1. The van der Waals surface area contributed by atoms with Gasteiger partial charge in [0.05, 0.1) is 11.1 Å². The molecule has 0 aromatic heterocycles. The molecule has 0 radical (unpaired) electrons. The molecule has 1 aliphatic heterocycles. The molecule has 0 saturated carbocycles. The van der Waals surface area contributed by atoms with Crippen LogP contribution in [0.2, 0.25) is 0 Å². The van der Waals surface area contributed by atoms with Crippen LogP contribution < -0.4 is 14.8 Å². The van der Waals surface area contributed by atoms with E-state index in [9.17, 15) is 14.0 Å². The molecule has 1 fully saturated rings. The Morgan fingerprint density at radius 3 is 2.64 bits per heavy atom. The van der Waals surface area contributed by atoms with Gasteiger partial charge in [-0.2, -0.15) is 0 Å². The molecule has 1 N–H and O–H groups in total. The van der Waals surface area contributed by atoms with Crippen LogP contribution in [-0.2, 0) is 11.4 Å². The minimum atomic E-state index is -0.476. The van der Waals surface area contributed by atoms with Crippen LogP contribution in [0.5, 0.6) is 11.5 Å². The van der Waals surface area contributed by atoms with Crippen molar-refractivity contribution < 1.29 is 23.5 Å². The summed E-state index contributed by atoms with van der Waals surface area (Å²) in [6.45, 7) is 2.41. The van der Waals surface area contributed by atoms with Gasteiger partial charge >= 0.3 is 6.03 Å². The highest BCUT2D eigenvalue weighted by Crippen LogP contribution is 2.38. The molecule has 0 spiro atoms. The number of hydrogen-bond donors (Lipinski definition) is 1. The number of amides is 3. The first-order valence-corrected chi connectivity index (χ1v) is 9.32. The predicted octanol–water partition coefficient (Wildman–Crippen LogP) is 4.09. The van der Waals surface area contributed by atoms with Gasteiger partial charge in [-0.05, 0) is 64.3 Å². The molecule has 0 atom stereocenters. The predicted molar refractivity (Wildman–Crippen MR) is 105 cm³/mol. The number of rotatable bonds is 6. The van der Waals surface area contributed by atoms with Crippen molar-refractivity contribution in [2.45, 2.75) is 13.5 Å². The summed E-state index contributed by atoms with van der Waals surface area (Å²) in [6.07, 6.45) is 1.56. The summed E-state index contributed by atoms with van der Waals surface area (Å²) in [5.74, 6) is 0.184. The molecular weight excluding hydrogens is 431 g/mol. The van der Waals surface area contributed by atoms with Crippen molar-refractivity contribution in [1.82, 2.24) is 10.2 Å². The van der Waals surface area contributed by atoms with Gasteiger partial charge in [-0.3, -0.25) is 9.69 Å². The van der Waals surface area contributed by atoms with Crippen LogP contribution in [0.3, 0.4) is 0 Å². The van der Waals surface area contributed by atoms with Crippen LogP contribution in [0.25, 0.3) is 6.08 Å². The van der Waals surface area contributed by atoms with Crippen molar-refractivity contribution in [1.29, 1.82) is 0 Å². The molecule has 1 heterocycles. The Morgan fingerprint density at radius 1 is 1.21 bits per heavy atom. The first-order valence-electron chi connectivity index (χ1n) is 8.53.